The minimum Gasteiger partial charge on any atom is -0.465 e. The Hall–Kier alpha value is -2.01. The van der Waals surface area contributed by atoms with Crippen molar-refractivity contribution in [3.8, 4) is 0 Å². The van der Waals surface area contributed by atoms with Crippen LogP contribution in [0.2, 0.25) is 0 Å². The first kappa shape index (κ1) is 14.4. The van der Waals surface area contributed by atoms with Crippen molar-refractivity contribution in [2.45, 2.75) is 26.4 Å². The third kappa shape index (κ3) is 3.99. The van der Waals surface area contributed by atoms with Gasteiger partial charge in [0, 0.05) is 31.0 Å². The number of rotatable bonds is 6. The van der Waals surface area contributed by atoms with Crippen molar-refractivity contribution in [1.82, 2.24) is 9.47 Å². The highest BCUT2D eigenvalue weighted by Crippen LogP contribution is 2.08. The largest absolute Gasteiger partial charge is 0.465 e. The first-order chi connectivity index (χ1) is 9.54. The number of aromatic nitrogens is 1. The van der Waals surface area contributed by atoms with E-state index in [9.17, 15) is 4.79 Å². The van der Waals surface area contributed by atoms with E-state index in [4.69, 9.17) is 10.2 Å². The van der Waals surface area contributed by atoms with E-state index in [-0.39, 0.29) is 5.56 Å². The Morgan fingerprint density at radius 2 is 2.10 bits per heavy atom. The summed E-state index contributed by atoms with van der Waals surface area (Å²) in [5, 5.41) is 0. The first-order valence-corrected chi connectivity index (χ1v) is 6.74. The number of pyridine rings is 1. The summed E-state index contributed by atoms with van der Waals surface area (Å²) >= 11 is 0. The Morgan fingerprint density at radius 3 is 2.80 bits per heavy atom. The van der Waals surface area contributed by atoms with Gasteiger partial charge in [0.25, 0.3) is 5.56 Å². The van der Waals surface area contributed by atoms with Crippen LogP contribution in [0, 0.1) is 6.92 Å². The first-order valence-electron chi connectivity index (χ1n) is 6.74. The summed E-state index contributed by atoms with van der Waals surface area (Å²) in [7, 11) is 2.04. The molecule has 0 fully saturated rings. The molecular weight excluding hydrogens is 254 g/mol. The standard InChI is InChI=1S/C15H21N3O2/c1-12-4-6-14(20-12)11-17(2)8-3-9-18-10-13(16)5-7-15(18)19/h4-7,10H,3,8-9,11,16H2,1-2H3. The molecule has 2 aromatic heterocycles. The van der Waals surface area contributed by atoms with Crippen LogP contribution in [-0.2, 0) is 13.1 Å². The predicted octanol–water partition coefficient (Wildman–Crippen LogP) is 1.85. The van der Waals surface area contributed by atoms with E-state index >= 15 is 0 Å². The Balaban J connectivity index is 1.80. The van der Waals surface area contributed by atoms with E-state index in [1.54, 1.807) is 16.8 Å². The van der Waals surface area contributed by atoms with Gasteiger partial charge in [-0.1, -0.05) is 0 Å². The molecule has 2 heterocycles. The zero-order valence-electron chi connectivity index (χ0n) is 12.0. The number of furan rings is 1. The third-order valence-electron chi connectivity index (χ3n) is 3.17. The highest BCUT2D eigenvalue weighted by molar-refractivity contribution is 5.33. The van der Waals surface area contributed by atoms with Crippen LogP contribution in [0.3, 0.4) is 0 Å². The van der Waals surface area contributed by atoms with Crippen LogP contribution in [0.4, 0.5) is 5.69 Å². The van der Waals surface area contributed by atoms with Gasteiger partial charge < -0.3 is 14.7 Å². The fourth-order valence-corrected chi connectivity index (χ4v) is 2.15. The molecule has 2 rings (SSSR count). The molecule has 0 spiro atoms. The van der Waals surface area contributed by atoms with Gasteiger partial charge >= 0.3 is 0 Å². The second-order valence-electron chi connectivity index (χ2n) is 5.10. The Labute approximate surface area is 118 Å². The van der Waals surface area contributed by atoms with Gasteiger partial charge in [-0.2, -0.15) is 0 Å². The van der Waals surface area contributed by atoms with E-state index in [0.29, 0.717) is 12.2 Å². The fourth-order valence-electron chi connectivity index (χ4n) is 2.15. The van der Waals surface area contributed by atoms with Crippen LogP contribution < -0.4 is 11.3 Å². The zero-order valence-corrected chi connectivity index (χ0v) is 12.0. The molecule has 5 nitrogen and oxygen atoms in total. The summed E-state index contributed by atoms with van der Waals surface area (Å²) in [4.78, 5) is 13.8. The Bertz CT molecular complexity index is 616. The quantitative estimate of drug-likeness (QED) is 0.874. The molecule has 0 saturated heterocycles. The summed E-state index contributed by atoms with van der Waals surface area (Å²) in [5.74, 6) is 1.89. The minimum absolute atomic E-state index is 0.0106. The summed E-state index contributed by atoms with van der Waals surface area (Å²) < 4.78 is 7.19. The highest BCUT2D eigenvalue weighted by Gasteiger charge is 2.04. The molecule has 0 aliphatic rings. The minimum atomic E-state index is -0.0106. The lowest BCUT2D eigenvalue weighted by Gasteiger charge is -2.15. The van der Waals surface area contributed by atoms with Crippen molar-refractivity contribution < 1.29 is 4.42 Å². The van der Waals surface area contributed by atoms with Gasteiger partial charge in [0.2, 0.25) is 0 Å². The molecule has 2 N–H and O–H groups in total. The topological polar surface area (TPSA) is 64.4 Å². The molecule has 0 radical (unpaired) electrons. The molecule has 0 atom stereocenters. The second-order valence-corrected chi connectivity index (χ2v) is 5.10. The zero-order chi connectivity index (χ0) is 14.5. The number of hydrogen-bond acceptors (Lipinski definition) is 4. The summed E-state index contributed by atoms with van der Waals surface area (Å²) in [6.45, 7) is 4.28. The van der Waals surface area contributed by atoms with Crippen molar-refractivity contribution in [3.63, 3.8) is 0 Å². The van der Waals surface area contributed by atoms with E-state index in [1.807, 2.05) is 26.1 Å². The van der Waals surface area contributed by atoms with E-state index in [2.05, 4.69) is 4.90 Å². The van der Waals surface area contributed by atoms with Crippen molar-refractivity contribution in [2.24, 2.45) is 0 Å². The number of nitrogens with zero attached hydrogens (tertiary/aromatic N) is 2. The van der Waals surface area contributed by atoms with Gasteiger partial charge in [-0.25, -0.2) is 0 Å². The van der Waals surface area contributed by atoms with Crippen LogP contribution in [0.1, 0.15) is 17.9 Å². The maximum Gasteiger partial charge on any atom is 0.250 e. The Morgan fingerprint density at radius 1 is 1.30 bits per heavy atom. The van der Waals surface area contributed by atoms with Gasteiger partial charge in [-0.3, -0.25) is 9.69 Å². The average molecular weight is 275 g/mol. The Kier molecular flexibility index (Phi) is 4.63. The van der Waals surface area contributed by atoms with E-state index in [0.717, 1.165) is 31.0 Å². The number of nitrogens with two attached hydrogens (primary N) is 1. The van der Waals surface area contributed by atoms with E-state index in [1.165, 1.54) is 6.07 Å². The number of aryl methyl sites for hydroxylation is 2. The smallest absolute Gasteiger partial charge is 0.250 e. The van der Waals surface area contributed by atoms with Crippen molar-refractivity contribution in [3.05, 3.63) is 52.3 Å². The molecule has 5 heteroatoms. The van der Waals surface area contributed by atoms with Crippen molar-refractivity contribution >= 4 is 5.69 Å². The monoisotopic (exact) mass is 275 g/mol. The van der Waals surface area contributed by atoms with Gasteiger partial charge in [-0.15, -0.1) is 0 Å². The highest BCUT2D eigenvalue weighted by atomic mass is 16.3. The number of hydrogen-bond donors (Lipinski definition) is 1. The lowest BCUT2D eigenvalue weighted by molar-refractivity contribution is 0.283. The number of nitrogen functional groups attached to an aromatic ring is 1. The molecule has 2 aromatic rings. The lowest BCUT2D eigenvalue weighted by atomic mass is 10.3. The molecule has 0 aromatic carbocycles. The number of anilines is 1. The van der Waals surface area contributed by atoms with Crippen LogP contribution in [-0.4, -0.2) is 23.1 Å². The normalized spacial score (nSPS) is 11.2. The molecule has 0 amide bonds. The average Bonchev–Trinajstić information content (AvgIpc) is 2.79. The predicted molar refractivity (Wildman–Crippen MR) is 79.5 cm³/mol. The molecule has 0 aliphatic carbocycles. The van der Waals surface area contributed by atoms with Crippen LogP contribution in [0.5, 0.6) is 0 Å². The maximum absolute atomic E-state index is 11.6. The van der Waals surface area contributed by atoms with Crippen LogP contribution >= 0.6 is 0 Å². The van der Waals surface area contributed by atoms with Gasteiger partial charge in [0.1, 0.15) is 11.5 Å². The SMILES string of the molecule is Cc1ccc(CN(C)CCCn2cc(N)ccc2=O)o1. The molecule has 0 unspecified atom stereocenters. The van der Waals surface area contributed by atoms with E-state index < -0.39 is 0 Å². The van der Waals surface area contributed by atoms with Gasteiger partial charge in [0.15, 0.2) is 0 Å². The van der Waals surface area contributed by atoms with Crippen molar-refractivity contribution in [1.29, 1.82) is 0 Å². The summed E-state index contributed by atoms with van der Waals surface area (Å²) in [6.07, 6.45) is 2.58. The molecule has 20 heavy (non-hydrogen) atoms. The third-order valence-corrected chi connectivity index (χ3v) is 3.17. The maximum atomic E-state index is 11.6. The second kappa shape index (κ2) is 6.43. The summed E-state index contributed by atoms with van der Waals surface area (Å²) in [6, 6.07) is 7.10. The van der Waals surface area contributed by atoms with Gasteiger partial charge in [0.05, 0.1) is 6.54 Å². The van der Waals surface area contributed by atoms with Crippen LogP contribution in [0.15, 0.2) is 39.7 Å². The lowest BCUT2D eigenvalue weighted by Crippen LogP contribution is -2.23. The fraction of sp³-hybridized carbons (Fsp3) is 0.400. The van der Waals surface area contributed by atoms with Crippen molar-refractivity contribution in [2.75, 3.05) is 19.3 Å². The molecule has 0 saturated carbocycles. The summed E-state index contributed by atoms with van der Waals surface area (Å²) in [5.41, 5.74) is 6.29. The molecular formula is C15H21N3O2. The van der Waals surface area contributed by atoms with Crippen LogP contribution in [0.25, 0.3) is 0 Å². The molecule has 108 valence electrons. The van der Waals surface area contributed by atoms with Gasteiger partial charge in [-0.05, 0) is 38.6 Å². The molecule has 0 aliphatic heterocycles. The molecule has 0 bridgehead atoms.